The third-order valence-electron chi connectivity index (χ3n) is 2.44. The summed E-state index contributed by atoms with van der Waals surface area (Å²) in [5.74, 6) is 0. The minimum Gasteiger partial charge on any atom is -0.378 e. The van der Waals surface area contributed by atoms with Crippen molar-refractivity contribution in [1.29, 1.82) is 0 Å². The molecule has 0 saturated carbocycles. The summed E-state index contributed by atoms with van der Waals surface area (Å²) in [4.78, 5) is 16.5. The molecular formula is C10H12N2O2. The highest BCUT2D eigenvalue weighted by molar-refractivity contribution is 5.72. The normalized spacial score (nSPS) is 16.5. The van der Waals surface area contributed by atoms with E-state index in [0.717, 1.165) is 25.1 Å². The Kier molecular flexibility index (Phi) is 2.45. The van der Waals surface area contributed by atoms with E-state index in [2.05, 4.69) is 9.88 Å². The van der Waals surface area contributed by atoms with Gasteiger partial charge >= 0.3 is 0 Å². The fourth-order valence-corrected chi connectivity index (χ4v) is 1.45. The molecule has 1 aromatic rings. The van der Waals surface area contributed by atoms with Crippen molar-refractivity contribution in [2.45, 2.75) is 6.10 Å². The zero-order valence-electron chi connectivity index (χ0n) is 8.01. The van der Waals surface area contributed by atoms with E-state index >= 15 is 0 Å². The Morgan fingerprint density at radius 2 is 2.36 bits per heavy atom. The van der Waals surface area contributed by atoms with Gasteiger partial charge in [0.2, 0.25) is 0 Å². The number of carbonyl (C=O) groups is 1. The number of nitrogens with zero attached hydrogens (tertiary/aromatic N) is 2. The molecule has 0 radical (unpaired) electrons. The van der Waals surface area contributed by atoms with Crippen molar-refractivity contribution in [3.05, 3.63) is 24.0 Å². The van der Waals surface area contributed by atoms with Crippen LogP contribution in [0.25, 0.3) is 0 Å². The molecule has 4 heteroatoms. The zero-order chi connectivity index (χ0) is 9.97. The Hall–Kier alpha value is -1.42. The number of aromatic nitrogens is 1. The van der Waals surface area contributed by atoms with Gasteiger partial charge < -0.3 is 9.64 Å². The molecule has 1 aliphatic heterocycles. The van der Waals surface area contributed by atoms with Crippen LogP contribution < -0.4 is 4.90 Å². The third kappa shape index (κ3) is 1.61. The van der Waals surface area contributed by atoms with Gasteiger partial charge in [-0.3, -0.25) is 9.78 Å². The van der Waals surface area contributed by atoms with Crippen molar-refractivity contribution in [2.24, 2.45) is 0 Å². The van der Waals surface area contributed by atoms with Crippen LogP contribution in [0.2, 0.25) is 0 Å². The summed E-state index contributed by atoms with van der Waals surface area (Å²) in [7, 11) is 1.72. The molecule has 14 heavy (non-hydrogen) atoms. The molecule has 1 aliphatic rings. The van der Waals surface area contributed by atoms with Crippen LogP contribution in [0.1, 0.15) is 10.5 Å². The largest absolute Gasteiger partial charge is 0.378 e. The van der Waals surface area contributed by atoms with Gasteiger partial charge in [0.15, 0.2) is 6.29 Å². The van der Waals surface area contributed by atoms with Gasteiger partial charge in [0.25, 0.3) is 0 Å². The number of hydrogen-bond donors (Lipinski definition) is 0. The average molecular weight is 192 g/mol. The second kappa shape index (κ2) is 3.75. The number of carbonyl (C=O) groups excluding carboxylic acids is 1. The van der Waals surface area contributed by atoms with Gasteiger partial charge in [-0.25, -0.2) is 0 Å². The van der Waals surface area contributed by atoms with Crippen molar-refractivity contribution in [1.82, 2.24) is 4.98 Å². The van der Waals surface area contributed by atoms with Crippen molar-refractivity contribution in [3.8, 4) is 0 Å². The second-order valence-corrected chi connectivity index (χ2v) is 3.32. The summed E-state index contributed by atoms with van der Waals surface area (Å²) in [6.07, 6.45) is 2.80. The van der Waals surface area contributed by atoms with Crippen molar-refractivity contribution in [2.75, 3.05) is 25.1 Å². The summed E-state index contributed by atoms with van der Waals surface area (Å²) < 4.78 is 5.16. The van der Waals surface area contributed by atoms with Crippen molar-refractivity contribution >= 4 is 12.0 Å². The van der Waals surface area contributed by atoms with Crippen LogP contribution in [0.15, 0.2) is 18.3 Å². The number of rotatable bonds is 3. The monoisotopic (exact) mass is 192 g/mol. The molecule has 4 nitrogen and oxygen atoms in total. The first-order valence-electron chi connectivity index (χ1n) is 4.52. The molecule has 74 valence electrons. The maximum Gasteiger partial charge on any atom is 0.168 e. The van der Waals surface area contributed by atoms with Gasteiger partial charge in [0.05, 0.1) is 18.0 Å². The third-order valence-corrected chi connectivity index (χ3v) is 2.44. The highest BCUT2D eigenvalue weighted by Gasteiger charge is 2.26. The molecule has 0 N–H and O–H groups in total. The van der Waals surface area contributed by atoms with Crippen molar-refractivity contribution < 1.29 is 9.53 Å². The van der Waals surface area contributed by atoms with Crippen LogP contribution >= 0.6 is 0 Å². The SMILES string of the molecule is COC1CN(c2ccc(C=O)nc2)C1. The predicted octanol–water partition coefficient (Wildman–Crippen LogP) is 0.729. The summed E-state index contributed by atoms with van der Waals surface area (Å²) in [6.45, 7) is 1.80. The van der Waals surface area contributed by atoms with E-state index in [9.17, 15) is 4.79 Å². The molecule has 2 heterocycles. The van der Waals surface area contributed by atoms with Gasteiger partial charge in [-0.15, -0.1) is 0 Å². The maximum atomic E-state index is 10.4. The van der Waals surface area contributed by atoms with Crippen LogP contribution in [0.4, 0.5) is 5.69 Å². The predicted molar refractivity (Wildman–Crippen MR) is 52.6 cm³/mol. The zero-order valence-corrected chi connectivity index (χ0v) is 8.01. The highest BCUT2D eigenvalue weighted by Crippen LogP contribution is 2.20. The number of ether oxygens (including phenoxy) is 1. The number of hydrogen-bond acceptors (Lipinski definition) is 4. The summed E-state index contributed by atoms with van der Waals surface area (Å²) in [5, 5.41) is 0. The number of anilines is 1. The maximum absolute atomic E-state index is 10.4. The standard InChI is InChI=1S/C10H12N2O2/c1-14-10-5-12(6-10)9-3-2-8(7-13)11-4-9/h2-4,7,10H,5-6H2,1H3. The van der Waals surface area contributed by atoms with E-state index in [1.165, 1.54) is 0 Å². The van der Waals surface area contributed by atoms with Crippen LogP contribution in [0.5, 0.6) is 0 Å². The number of aldehydes is 1. The number of pyridine rings is 1. The van der Waals surface area contributed by atoms with E-state index in [4.69, 9.17) is 4.74 Å². The molecule has 0 amide bonds. The first kappa shape index (κ1) is 9.15. The average Bonchev–Trinajstić information content (AvgIpc) is 2.17. The Balaban J connectivity index is 2.01. The second-order valence-electron chi connectivity index (χ2n) is 3.32. The molecule has 0 aliphatic carbocycles. The molecule has 1 saturated heterocycles. The van der Waals surface area contributed by atoms with E-state index in [1.807, 2.05) is 6.07 Å². The van der Waals surface area contributed by atoms with Gasteiger partial charge in [0, 0.05) is 20.2 Å². The first-order chi connectivity index (χ1) is 6.83. The topological polar surface area (TPSA) is 42.4 Å². The summed E-state index contributed by atoms with van der Waals surface area (Å²) in [5.41, 5.74) is 1.52. The Labute approximate surface area is 82.5 Å². The van der Waals surface area contributed by atoms with Gasteiger partial charge in [-0.2, -0.15) is 0 Å². The summed E-state index contributed by atoms with van der Waals surface area (Å²) >= 11 is 0. The van der Waals surface area contributed by atoms with E-state index in [0.29, 0.717) is 11.8 Å². The smallest absolute Gasteiger partial charge is 0.168 e. The molecule has 0 aromatic carbocycles. The lowest BCUT2D eigenvalue weighted by atomic mass is 10.1. The molecule has 2 rings (SSSR count). The molecule has 1 fully saturated rings. The molecular weight excluding hydrogens is 180 g/mol. The van der Waals surface area contributed by atoms with E-state index in [-0.39, 0.29) is 0 Å². The van der Waals surface area contributed by atoms with Gasteiger partial charge in [-0.05, 0) is 12.1 Å². The lowest BCUT2D eigenvalue weighted by Crippen LogP contribution is -2.51. The van der Waals surface area contributed by atoms with Gasteiger partial charge in [0.1, 0.15) is 5.69 Å². The Morgan fingerprint density at radius 3 is 2.86 bits per heavy atom. The van der Waals surface area contributed by atoms with Crippen LogP contribution in [-0.4, -0.2) is 37.6 Å². The fraction of sp³-hybridized carbons (Fsp3) is 0.400. The van der Waals surface area contributed by atoms with E-state index < -0.39 is 0 Å². The van der Waals surface area contributed by atoms with Crippen LogP contribution in [0.3, 0.4) is 0 Å². The first-order valence-corrected chi connectivity index (χ1v) is 4.52. The van der Waals surface area contributed by atoms with Crippen LogP contribution in [0, 0.1) is 0 Å². The number of methoxy groups -OCH3 is 1. The molecule has 0 bridgehead atoms. The minimum atomic E-state index is 0.334. The Morgan fingerprint density at radius 1 is 1.57 bits per heavy atom. The van der Waals surface area contributed by atoms with E-state index in [1.54, 1.807) is 19.4 Å². The molecule has 0 spiro atoms. The lowest BCUT2D eigenvalue weighted by molar-refractivity contribution is 0.0787. The minimum absolute atomic E-state index is 0.334. The van der Waals surface area contributed by atoms with Crippen molar-refractivity contribution in [3.63, 3.8) is 0 Å². The quantitative estimate of drug-likeness (QED) is 0.662. The Bertz CT molecular complexity index is 317. The molecule has 0 unspecified atom stereocenters. The van der Waals surface area contributed by atoms with Crippen LogP contribution in [-0.2, 0) is 4.74 Å². The fourth-order valence-electron chi connectivity index (χ4n) is 1.45. The molecule has 1 aromatic heterocycles. The molecule has 0 atom stereocenters. The highest BCUT2D eigenvalue weighted by atomic mass is 16.5. The van der Waals surface area contributed by atoms with Gasteiger partial charge in [-0.1, -0.05) is 0 Å². The lowest BCUT2D eigenvalue weighted by Gasteiger charge is -2.39. The summed E-state index contributed by atoms with van der Waals surface area (Å²) in [6, 6.07) is 3.63.